The van der Waals surface area contributed by atoms with Crippen molar-refractivity contribution in [3.05, 3.63) is 17.7 Å². The molecule has 1 aliphatic carbocycles. The van der Waals surface area contributed by atoms with Gasteiger partial charge in [0, 0.05) is 18.2 Å². The van der Waals surface area contributed by atoms with E-state index in [0.717, 1.165) is 22.8 Å². The summed E-state index contributed by atoms with van der Waals surface area (Å²) < 4.78 is 16.2. The Morgan fingerprint density at radius 2 is 1.61 bits per heavy atom. The van der Waals surface area contributed by atoms with Crippen LogP contribution in [0.15, 0.2) is 12.1 Å². The molecule has 4 nitrogen and oxygen atoms in total. The van der Waals surface area contributed by atoms with E-state index in [1.165, 1.54) is 12.8 Å². The molecule has 1 N–H and O–H groups in total. The summed E-state index contributed by atoms with van der Waals surface area (Å²) in [5.41, 5.74) is 1.09. The predicted molar refractivity (Wildman–Crippen MR) is 70.6 cm³/mol. The molecule has 0 radical (unpaired) electrons. The Hall–Kier alpha value is -1.42. The lowest BCUT2D eigenvalue weighted by atomic mass is 10.00. The maximum atomic E-state index is 5.49. The van der Waals surface area contributed by atoms with Crippen molar-refractivity contribution in [2.75, 3.05) is 28.4 Å². The molecule has 0 saturated heterocycles. The highest BCUT2D eigenvalue weighted by Gasteiger charge is 2.35. The van der Waals surface area contributed by atoms with Crippen molar-refractivity contribution >= 4 is 0 Å². The van der Waals surface area contributed by atoms with Crippen LogP contribution >= 0.6 is 0 Å². The van der Waals surface area contributed by atoms with E-state index in [1.807, 2.05) is 19.2 Å². The van der Waals surface area contributed by atoms with Gasteiger partial charge in [-0.05, 0) is 25.8 Å². The Morgan fingerprint density at radius 1 is 1.06 bits per heavy atom. The van der Waals surface area contributed by atoms with Crippen LogP contribution in [-0.4, -0.2) is 28.4 Å². The van der Waals surface area contributed by atoms with Gasteiger partial charge in [0.1, 0.15) is 17.2 Å². The molecule has 4 heteroatoms. The van der Waals surface area contributed by atoms with Gasteiger partial charge in [-0.15, -0.1) is 0 Å². The first-order valence-corrected chi connectivity index (χ1v) is 6.22. The molecule has 1 aromatic carbocycles. The van der Waals surface area contributed by atoms with Crippen molar-refractivity contribution in [1.82, 2.24) is 5.32 Å². The van der Waals surface area contributed by atoms with Crippen LogP contribution in [0.4, 0.5) is 0 Å². The second-order valence-electron chi connectivity index (χ2n) is 4.55. The molecule has 1 aliphatic rings. The average Bonchev–Trinajstić information content (AvgIpc) is 3.24. The number of ether oxygens (including phenoxy) is 3. The summed E-state index contributed by atoms with van der Waals surface area (Å²) in [5.74, 6) is 3.05. The molecule has 0 heterocycles. The molecular formula is C14H21NO3. The normalized spacial score (nSPS) is 16.2. The molecule has 0 bridgehead atoms. The van der Waals surface area contributed by atoms with Crippen LogP contribution < -0.4 is 19.5 Å². The van der Waals surface area contributed by atoms with Gasteiger partial charge in [-0.1, -0.05) is 0 Å². The van der Waals surface area contributed by atoms with Crippen LogP contribution in [0.3, 0.4) is 0 Å². The maximum absolute atomic E-state index is 5.49. The number of hydrogen-bond donors (Lipinski definition) is 1. The zero-order valence-electron chi connectivity index (χ0n) is 11.4. The molecule has 0 aliphatic heterocycles. The molecule has 1 atom stereocenters. The molecule has 2 rings (SSSR count). The van der Waals surface area contributed by atoms with Gasteiger partial charge in [0.05, 0.1) is 26.9 Å². The molecule has 1 aromatic rings. The molecular weight excluding hydrogens is 230 g/mol. The summed E-state index contributed by atoms with van der Waals surface area (Å²) in [5, 5.41) is 3.37. The molecule has 18 heavy (non-hydrogen) atoms. The van der Waals surface area contributed by atoms with Crippen molar-refractivity contribution in [1.29, 1.82) is 0 Å². The number of hydrogen-bond acceptors (Lipinski definition) is 4. The highest BCUT2D eigenvalue weighted by atomic mass is 16.5. The molecule has 0 amide bonds. The smallest absolute Gasteiger partial charge is 0.131 e. The first-order chi connectivity index (χ1) is 8.74. The zero-order valence-corrected chi connectivity index (χ0v) is 11.4. The van der Waals surface area contributed by atoms with E-state index < -0.39 is 0 Å². The van der Waals surface area contributed by atoms with Gasteiger partial charge in [0.2, 0.25) is 0 Å². The Kier molecular flexibility index (Phi) is 3.97. The van der Waals surface area contributed by atoms with Gasteiger partial charge in [-0.2, -0.15) is 0 Å². The second-order valence-corrected chi connectivity index (χ2v) is 4.55. The van der Waals surface area contributed by atoms with Crippen LogP contribution in [-0.2, 0) is 0 Å². The van der Waals surface area contributed by atoms with Crippen LogP contribution in [0.5, 0.6) is 17.2 Å². The minimum atomic E-state index is 0.279. The minimum absolute atomic E-state index is 0.279. The molecule has 1 saturated carbocycles. The molecule has 1 fully saturated rings. The van der Waals surface area contributed by atoms with E-state index in [2.05, 4.69) is 5.32 Å². The first kappa shape index (κ1) is 13.0. The average molecular weight is 251 g/mol. The number of benzene rings is 1. The number of nitrogens with one attached hydrogen (secondary N) is 1. The van der Waals surface area contributed by atoms with Crippen molar-refractivity contribution in [3.8, 4) is 17.2 Å². The minimum Gasteiger partial charge on any atom is -0.496 e. The SMILES string of the molecule is CNC(c1c(OC)cc(OC)cc1OC)C1CC1. The van der Waals surface area contributed by atoms with Crippen LogP contribution in [0.25, 0.3) is 0 Å². The highest BCUT2D eigenvalue weighted by Crippen LogP contribution is 2.47. The lowest BCUT2D eigenvalue weighted by molar-refractivity contribution is 0.355. The maximum Gasteiger partial charge on any atom is 0.131 e. The third kappa shape index (κ3) is 2.38. The molecule has 0 aromatic heterocycles. The van der Waals surface area contributed by atoms with Gasteiger partial charge < -0.3 is 19.5 Å². The third-order valence-electron chi connectivity index (χ3n) is 3.47. The van der Waals surface area contributed by atoms with E-state index in [-0.39, 0.29) is 6.04 Å². The monoisotopic (exact) mass is 251 g/mol. The quantitative estimate of drug-likeness (QED) is 0.842. The van der Waals surface area contributed by atoms with Crippen LogP contribution in [0.2, 0.25) is 0 Å². The fourth-order valence-corrected chi connectivity index (χ4v) is 2.38. The first-order valence-electron chi connectivity index (χ1n) is 6.22. The Morgan fingerprint density at radius 3 is 1.94 bits per heavy atom. The fourth-order valence-electron chi connectivity index (χ4n) is 2.38. The summed E-state index contributed by atoms with van der Waals surface area (Å²) in [6, 6.07) is 4.09. The molecule has 0 spiro atoms. The summed E-state index contributed by atoms with van der Waals surface area (Å²) in [4.78, 5) is 0. The van der Waals surface area contributed by atoms with Crippen molar-refractivity contribution in [3.63, 3.8) is 0 Å². The summed E-state index contributed by atoms with van der Waals surface area (Å²) in [6.45, 7) is 0. The topological polar surface area (TPSA) is 39.7 Å². The largest absolute Gasteiger partial charge is 0.496 e. The summed E-state index contributed by atoms with van der Waals surface area (Å²) in [7, 11) is 6.98. The molecule has 100 valence electrons. The van der Waals surface area contributed by atoms with E-state index in [4.69, 9.17) is 14.2 Å². The predicted octanol–water partition coefficient (Wildman–Crippen LogP) is 2.38. The van der Waals surface area contributed by atoms with Crippen molar-refractivity contribution in [2.24, 2.45) is 5.92 Å². The summed E-state index contributed by atoms with van der Waals surface area (Å²) >= 11 is 0. The highest BCUT2D eigenvalue weighted by molar-refractivity contribution is 5.52. The van der Waals surface area contributed by atoms with E-state index >= 15 is 0 Å². The van der Waals surface area contributed by atoms with Crippen molar-refractivity contribution in [2.45, 2.75) is 18.9 Å². The van der Waals surface area contributed by atoms with Crippen molar-refractivity contribution < 1.29 is 14.2 Å². The van der Waals surface area contributed by atoms with Gasteiger partial charge in [-0.3, -0.25) is 0 Å². The fraction of sp³-hybridized carbons (Fsp3) is 0.571. The number of rotatable bonds is 6. The van der Waals surface area contributed by atoms with Gasteiger partial charge in [-0.25, -0.2) is 0 Å². The van der Waals surface area contributed by atoms with E-state index in [1.54, 1.807) is 21.3 Å². The van der Waals surface area contributed by atoms with E-state index in [9.17, 15) is 0 Å². The summed E-state index contributed by atoms with van der Waals surface area (Å²) in [6.07, 6.45) is 2.51. The Bertz CT molecular complexity index is 390. The second kappa shape index (κ2) is 5.48. The standard InChI is InChI=1S/C14H21NO3/c1-15-14(9-5-6-9)13-11(17-3)7-10(16-2)8-12(13)18-4/h7-9,14-15H,5-6H2,1-4H3. The van der Waals surface area contributed by atoms with Gasteiger partial charge in [0.15, 0.2) is 0 Å². The van der Waals surface area contributed by atoms with Gasteiger partial charge in [0.25, 0.3) is 0 Å². The van der Waals surface area contributed by atoms with E-state index in [0.29, 0.717) is 5.92 Å². The lowest BCUT2D eigenvalue weighted by Gasteiger charge is -2.22. The number of methoxy groups -OCH3 is 3. The van der Waals surface area contributed by atoms with Crippen LogP contribution in [0, 0.1) is 5.92 Å². The van der Waals surface area contributed by atoms with Crippen LogP contribution in [0.1, 0.15) is 24.4 Å². The Balaban J connectivity index is 2.47. The molecule has 1 unspecified atom stereocenters. The Labute approximate surface area is 108 Å². The third-order valence-corrected chi connectivity index (χ3v) is 3.47. The lowest BCUT2D eigenvalue weighted by Crippen LogP contribution is -2.20. The zero-order chi connectivity index (χ0) is 13.1. The van der Waals surface area contributed by atoms with Gasteiger partial charge >= 0.3 is 0 Å².